The van der Waals surface area contributed by atoms with Crippen molar-refractivity contribution in [1.82, 2.24) is 0 Å². The van der Waals surface area contributed by atoms with Gasteiger partial charge in [-0.1, -0.05) is 34.6 Å². The van der Waals surface area contributed by atoms with Gasteiger partial charge in [-0.05, 0) is 12.3 Å². The Hall–Kier alpha value is -0.410. The van der Waals surface area contributed by atoms with Crippen LogP contribution in [0.3, 0.4) is 0 Å². The van der Waals surface area contributed by atoms with E-state index in [9.17, 15) is 4.79 Å². The van der Waals surface area contributed by atoms with Crippen LogP contribution in [0.4, 0.5) is 0 Å². The molecular formula is C14H26O3. The predicted octanol–water partition coefficient (Wildman–Crippen LogP) is 2.68. The summed E-state index contributed by atoms with van der Waals surface area (Å²) in [5, 5.41) is 0. The van der Waals surface area contributed by atoms with E-state index in [1.54, 1.807) is 7.11 Å². The second-order valence-corrected chi connectivity index (χ2v) is 6.42. The minimum atomic E-state index is -0.322. The summed E-state index contributed by atoms with van der Waals surface area (Å²) in [6.07, 6.45) is 0.937. The molecule has 1 fully saturated rings. The second kappa shape index (κ2) is 5.49. The summed E-state index contributed by atoms with van der Waals surface area (Å²) in [7, 11) is 1.68. The third-order valence-electron chi connectivity index (χ3n) is 3.30. The molecule has 1 aliphatic heterocycles. The maximum atomic E-state index is 12.3. The summed E-state index contributed by atoms with van der Waals surface area (Å²) in [6.45, 7) is 10.7. The minimum absolute atomic E-state index is 0.0660. The average Bonchev–Trinajstić information content (AvgIpc) is 2.57. The van der Waals surface area contributed by atoms with Crippen LogP contribution in [-0.4, -0.2) is 31.7 Å². The lowest BCUT2D eigenvalue weighted by Crippen LogP contribution is -2.39. The molecule has 3 atom stereocenters. The first-order valence-corrected chi connectivity index (χ1v) is 6.46. The van der Waals surface area contributed by atoms with Crippen molar-refractivity contribution in [3.8, 4) is 0 Å². The number of carbonyl (C=O) groups is 1. The standard InChI is InChI=1S/C14H26O3/c1-9(2)7-11-12(16-6)10(8-17-11)13(15)14(3,4)5/h9-12H,7-8H2,1-6H3/t10-,11-,12-/m1/s1. The van der Waals surface area contributed by atoms with Crippen molar-refractivity contribution in [2.45, 2.75) is 53.2 Å². The number of rotatable bonds is 4. The molecule has 1 rings (SSSR count). The molecule has 0 radical (unpaired) electrons. The number of carbonyl (C=O) groups excluding carboxylic acids is 1. The maximum absolute atomic E-state index is 12.3. The summed E-state index contributed by atoms with van der Waals surface area (Å²) in [6, 6.07) is 0. The Balaban J connectivity index is 2.73. The van der Waals surface area contributed by atoms with Crippen LogP contribution in [0.2, 0.25) is 0 Å². The van der Waals surface area contributed by atoms with Gasteiger partial charge in [-0.15, -0.1) is 0 Å². The molecule has 1 heterocycles. The lowest BCUT2D eigenvalue weighted by atomic mass is 9.80. The zero-order valence-corrected chi connectivity index (χ0v) is 11.9. The lowest BCUT2D eigenvalue weighted by molar-refractivity contribution is -0.133. The first kappa shape index (κ1) is 14.7. The van der Waals surface area contributed by atoms with Gasteiger partial charge < -0.3 is 9.47 Å². The van der Waals surface area contributed by atoms with E-state index in [1.165, 1.54) is 0 Å². The van der Waals surface area contributed by atoms with Gasteiger partial charge in [0.1, 0.15) is 5.78 Å². The summed E-state index contributed by atoms with van der Waals surface area (Å²) < 4.78 is 11.3. The molecule has 0 spiro atoms. The molecule has 0 aromatic heterocycles. The van der Waals surface area contributed by atoms with Crippen LogP contribution >= 0.6 is 0 Å². The molecule has 0 amide bonds. The normalized spacial score (nSPS) is 29.9. The largest absolute Gasteiger partial charge is 0.378 e. The molecule has 3 heteroatoms. The molecule has 1 saturated heterocycles. The van der Waals surface area contributed by atoms with E-state index in [0.717, 1.165) is 6.42 Å². The summed E-state index contributed by atoms with van der Waals surface area (Å²) in [5.74, 6) is 0.695. The van der Waals surface area contributed by atoms with Gasteiger partial charge in [0.15, 0.2) is 0 Å². The predicted molar refractivity (Wildman–Crippen MR) is 67.9 cm³/mol. The third kappa shape index (κ3) is 3.52. The molecule has 0 saturated carbocycles. The van der Waals surface area contributed by atoms with Crippen LogP contribution in [0.25, 0.3) is 0 Å². The minimum Gasteiger partial charge on any atom is -0.378 e. The Morgan fingerprint density at radius 2 is 2.00 bits per heavy atom. The Labute approximate surface area is 105 Å². The van der Waals surface area contributed by atoms with Crippen molar-refractivity contribution in [2.75, 3.05) is 13.7 Å². The molecule has 0 aliphatic carbocycles. The molecule has 3 nitrogen and oxygen atoms in total. The number of hydrogen-bond donors (Lipinski definition) is 0. The fourth-order valence-electron chi connectivity index (χ4n) is 2.44. The summed E-state index contributed by atoms with van der Waals surface area (Å²) in [4.78, 5) is 12.3. The van der Waals surface area contributed by atoms with Crippen LogP contribution in [0.1, 0.15) is 41.0 Å². The highest BCUT2D eigenvalue weighted by Crippen LogP contribution is 2.32. The third-order valence-corrected chi connectivity index (χ3v) is 3.30. The highest BCUT2D eigenvalue weighted by atomic mass is 16.5. The molecule has 17 heavy (non-hydrogen) atoms. The first-order chi connectivity index (χ1) is 7.77. The van der Waals surface area contributed by atoms with Crippen molar-refractivity contribution in [2.24, 2.45) is 17.3 Å². The first-order valence-electron chi connectivity index (χ1n) is 6.46. The topological polar surface area (TPSA) is 35.5 Å². The Morgan fingerprint density at radius 3 is 2.41 bits per heavy atom. The van der Waals surface area contributed by atoms with Gasteiger partial charge in [-0.3, -0.25) is 4.79 Å². The van der Waals surface area contributed by atoms with Crippen LogP contribution in [-0.2, 0) is 14.3 Å². The number of Topliss-reactive ketones (excluding diaryl/α,β-unsaturated/α-hetero) is 1. The van der Waals surface area contributed by atoms with E-state index < -0.39 is 0 Å². The number of hydrogen-bond acceptors (Lipinski definition) is 3. The van der Waals surface area contributed by atoms with E-state index in [-0.39, 0.29) is 29.3 Å². The Bertz CT molecular complexity index is 265. The molecule has 0 aromatic carbocycles. The molecular weight excluding hydrogens is 216 g/mol. The second-order valence-electron chi connectivity index (χ2n) is 6.42. The SMILES string of the molecule is CO[C@H]1[C@@H](CC(C)C)OC[C@H]1C(=O)C(C)(C)C. The van der Waals surface area contributed by atoms with E-state index in [2.05, 4.69) is 13.8 Å². The van der Waals surface area contributed by atoms with Crippen molar-refractivity contribution >= 4 is 5.78 Å². The molecule has 0 bridgehead atoms. The van der Waals surface area contributed by atoms with Crippen molar-refractivity contribution < 1.29 is 14.3 Å². The highest BCUT2D eigenvalue weighted by Gasteiger charge is 2.44. The Kier molecular flexibility index (Phi) is 4.73. The van der Waals surface area contributed by atoms with Crippen LogP contribution < -0.4 is 0 Å². The van der Waals surface area contributed by atoms with Crippen molar-refractivity contribution in [3.05, 3.63) is 0 Å². The summed E-state index contributed by atoms with van der Waals surface area (Å²) >= 11 is 0. The molecule has 1 aliphatic rings. The van der Waals surface area contributed by atoms with Gasteiger partial charge >= 0.3 is 0 Å². The molecule has 0 aromatic rings. The zero-order valence-electron chi connectivity index (χ0n) is 11.9. The smallest absolute Gasteiger partial charge is 0.146 e. The summed E-state index contributed by atoms with van der Waals surface area (Å²) in [5.41, 5.74) is -0.322. The van der Waals surface area contributed by atoms with E-state index in [4.69, 9.17) is 9.47 Å². The number of methoxy groups -OCH3 is 1. The molecule has 0 N–H and O–H groups in total. The quantitative estimate of drug-likeness (QED) is 0.760. The van der Waals surface area contributed by atoms with Gasteiger partial charge in [0.25, 0.3) is 0 Å². The number of ether oxygens (including phenoxy) is 2. The van der Waals surface area contributed by atoms with Crippen LogP contribution in [0.5, 0.6) is 0 Å². The van der Waals surface area contributed by atoms with E-state index in [0.29, 0.717) is 12.5 Å². The van der Waals surface area contributed by atoms with Gasteiger partial charge in [-0.25, -0.2) is 0 Å². The molecule has 100 valence electrons. The van der Waals surface area contributed by atoms with Crippen LogP contribution in [0, 0.1) is 17.3 Å². The Morgan fingerprint density at radius 1 is 1.41 bits per heavy atom. The highest BCUT2D eigenvalue weighted by molar-refractivity contribution is 5.86. The zero-order chi connectivity index (χ0) is 13.2. The van der Waals surface area contributed by atoms with Gasteiger partial charge in [0, 0.05) is 12.5 Å². The van der Waals surface area contributed by atoms with Crippen molar-refractivity contribution in [3.63, 3.8) is 0 Å². The van der Waals surface area contributed by atoms with Gasteiger partial charge in [0.2, 0.25) is 0 Å². The monoisotopic (exact) mass is 242 g/mol. The number of ketones is 1. The van der Waals surface area contributed by atoms with Gasteiger partial charge in [-0.2, -0.15) is 0 Å². The fourth-order valence-corrected chi connectivity index (χ4v) is 2.44. The molecule has 0 unspecified atom stereocenters. The fraction of sp³-hybridized carbons (Fsp3) is 0.929. The van der Waals surface area contributed by atoms with Gasteiger partial charge in [0.05, 0.1) is 24.7 Å². The average molecular weight is 242 g/mol. The van der Waals surface area contributed by atoms with Crippen molar-refractivity contribution in [1.29, 1.82) is 0 Å². The van der Waals surface area contributed by atoms with E-state index in [1.807, 2.05) is 20.8 Å². The lowest BCUT2D eigenvalue weighted by Gasteiger charge is -2.26. The van der Waals surface area contributed by atoms with E-state index >= 15 is 0 Å². The van der Waals surface area contributed by atoms with Crippen LogP contribution in [0.15, 0.2) is 0 Å². The maximum Gasteiger partial charge on any atom is 0.146 e.